The molecule has 6 nitrogen and oxygen atoms in total. The zero-order valence-corrected chi connectivity index (χ0v) is 21.5. The molecule has 8 heteroatoms. The van der Waals surface area contributed by atoms with Gasteiger partial charge in [0.2, 0.25) is 6.16 Å². The summed E-state index contributed by atoms with van der Waals surface area (Å²) in [6.07, 6.45) is 0.216. The number of carbonyl (C=O) groups excluding carboxylic acids is 1. The molecule has 0 saturated carbocycles. The van der Waals surface area contributed by atoms with Crippen molar-refractivity contribution in [3.05, 3.63) is 77.2 Å². The number of nitrogens with zero attached hydrogens (tertiary/aromatic N) is 1. The summed E-state index contributed by atoms with van der Waals surface area (Å²) in [4.78, 5) is 25.9. The van der Waals surface area contributed by atoms with Crippen molar-refractivity contribution in [1.29, 1.82) is 0 Å². The second kappa shape index (κ2) is 11.5. The maximum Gasteiger partial charge on any atom is 0.508 e. The van der Waals surface area contributed by atoms with Crippen LogP contribution in [-0.4, -0.2) is 33.2 Å². The number of hydrogen-bond acceptors (Lipinski definition) is 5. The van der Waals surface area contributed by atoms with E-state index >= 15 is 0 Å². The number of aliphatic hydroxyl groups excluding tert-OH is 1. The number of hydrogen-bond donors (Lipinski definition) is 2. The molecule has 0 saturated heterocycles. The van der Waals surface area contributed by atoms with E-state index < -0.39 is 38.1 Å². The number of ether oxygens (including phenoxy) is 1. The van der Waals surface area contributed by atoms with Crippen LogP contribution in [0.25, 0.3) is 22.4 Å². The lowest BCUT2D eigenvalue weighted by Crippen LogP contribution is -2.18. The van der Waals surface area contributed by atoms with Gasteiger partial charge < -0.3 is 9.84 Å². The number of halogens is 1. The van der Waals surface area contributed by atoms with E-state index in [0.29, 0.717) is 16.8 Å². The zero-order chi connectivity index (χ0) is 26.5. The first kappa shape index (κ1) is 27.2. The third-order valence-electron chi connectivity index (χ3n) is 5.42. The molecule has 0 radical (unpaired) electrons. The molecule has 0 aliphatic carbocycles. The average molecular weight is 509 g/mol. The summed E-state index contributed by atoms with van der Waals surface area (Å²) in [6.45, 7) is 7.99. The zero-order valence-electron chi connectivity index (χ0n) is 20.6. The van der Waals surface area contributed by atoms with Gasteiger partial charge in [0.1, 0.15) is 18.0 Å². The van der Waals surface area contributed by atoms with E-state index in [-0.39, 0.29) is 5.82 Å². The molecule has 2 atom stereocenters. The fourth-order valence-electron chi connectivity index (χ4n) is 3.68. The van der Waals surface area contributed by atoms with Crippen LogP contribution in [0, 0.1) is 24.8 Å². The molecule has 186 valence electrons. The molecule has 0 spiro atoms. The number of rotatable bonds is 6. The van der Waals surface area contributed by atoms with Crippen LogP contribution in [0.4, 0.5) is 4.39 Å². The highest BCUT2D eigenvalue weighted by molar-refractivity contribution is 7.38. The molecule has 2 aromatic carbocycles. The molecule has 0 bridgehead atoms. The number of aryl methyl sites for hydroxylation is 1. The smallest absolute Gasteiger partial charge is 0.388 e. The van der Waals surface area contributed by atoms with Crippen LogP contribution in [0.5, 0.6) is 0 Å². The van der Waals surface area contributed by atoms with Gasteiger partial charge in [0.15, 0.2) is 0 Å². The van der Waals surface area contributed by atoms with E-state index in [1.54, 1.807) is 12.1 Å². The van der Waals surface area contributed by atoms with Crippen LogP contribution in [0.15, 0.2) is 54.6 Å². The fraction of sp³-hybridized carbons (Fsp3) is 0.286. The molecule has 2 N–H and O–H groups in total. The number of benzene rings is 2. The van der Waals surface area contributed by atoms with Gasteiger partial charge in [0.05, 0.1) is 23.4 Å². The molecule has 1 aromatic heterocycles. The summed E-state index contributed by atoms with van der Waals surface area (Å²) in [5.41, 5.74) is 4.91. The SMILES string of the molecule is Cc1ccccc1-c1cc(-c2ccc(F)cc2)c(C#COC(=O)CC(O)C[P+](=O)O)c(C(C)(C)C)n1. The number of esters is 1. The first-order chi connectivity index (χ1) is 17.0. The van der Waals surface area contributed by atoms with Gasteiger partial charge in [0, 0.05) is 16.5 Å². The van der Waals surface area contributed by atoms with Gasteiger partial charge in [-0.1, -0.05) is 57.2 Å². The summed E-state index contributed by atoms with van der Waals surface area (Å²) < 4.78 is 29.5. The molecule has 1 heterocycles. The quantitative estimate of drug-likeness (QED) is 0.259. The van der Waals surface area contributed by atoms with Gasteiger partial charge >= 0.3 is 14.0 Å². The lowest BCUT2D eigenvalue weighted by atomic mass is 9.84. The standard InChI is InChI=1S/C28H27FNO5P/c1-18-7-5-6-8-22(18)25-16-24(19-9-11-20(29)12-10-19)23(27(30-25)28(2,3)4)13-14-35-26(32)15-21(31)17-36(33)34/h5-12,16,21,31H,15,17H2,1-4H3/p+1. The Morgan fingerprint density at radius 1 is 1.14 bits per heavy atom. The van der Waals surface area contributed by atoms with Crippen molar-refractivity contribution in [3.63, 3.8) is 0 Å². The lowest BCUT2D eigenvalue weighted by molar-refractivity contribution is -0.138. The predicted octanol–water partition coefficient (Wildman–Crippen LogP) is 5.50. The lowest BCUT2D eigenvalue weighted by Gasteiger charge is -2.23. The fourth-order valence-corrected chi connectivity index (χ4v) is 4.17. The van der Waals surface area contributed by atoms with E-state index in [9.17, 15) is 18.9 Å². The van der Waals surface area contributed by atoms with Crippen molar-refractivity contribution in [3.8, 4) is 34.4 Å². The van der Waals surface area contributed by atoms with E-state index in [2.05, 4.69) is 12.0 Å². The van der Waals surface area contributed by atoms with Crippen molar-refractivity contribution in [1.82, 2.24) is 4.98 Å². The van der Waals surface area contributed by atoms with E-state index in [1.165, 1.54) is 12.1 Å². The first-order valence-corrected chi connectivity index (χ1v) is 12.7. The summed E-state index contributed by atoms with van der Waals surface area (Å²) in [5.74, 6) is 1.71. The first-order valence-electron chi connectivity index (χ1n) is 11.4. The second-order valence-corrected chi connectivity index (χ2v) is 10.5. The monoisotopic (exact) mass is 508 g/mol. The Kier molecular flexibility index (Phi) is 8.70. The second-order valence-electron chi connectivity index (χ2n) is 9.44. The summed E-state index contributed by atoms with van der Waals surface area (Å²) in [5, 5.41) is 9.70. The van der Waals surface area contributed by atoms with Gasteiger partial charge in [-0.25, -0.2) is 4.39 Å². The van der Waals surface area contributed by atoms with E-state index in [4.69, 9.17) is 14.6 Å². The van der Waals surface area contributed by atoms with Crippen molar-refractivity contribution < 1.29 is 28.5 Å². The molecule has 0 aliphatic heterocycles. The minimum absolute atomic E-state index is 0.368. The topological polar surface area (TPSA) is 96.7 Å². The number of aromatic nitrogens is 1. The molecular formula is C28H28FNO5P+. The van der Waals surface area contributed by atoms with Gasteiger partial charge in [0.25, 0.3) is 0 Å². The van der Waals surface area contributed by atoms with Crippen molar-refractivity contribution in [2.45, 2.75) is 45.6 Å². The highest BCUT2D eigenvalue weighted by atomic mass is 31.1. The highest BCUT2D eigenvalue weighted by Crippen LogP contribution is 2.36. The number of pyridine rings is 1. The summed E-state index contributed by atoms with van der Waals surface area (Å²) in [7, 11) is -2.57. The third-order valence-corrected chi connectivity index (χ3v) is 6.15. The molecule has 0 aliphatic rings. The van der Waals surface area contributed by atoms with E-state index in [1.807, 2.05) is 58.0 Å². The maximum absolute atomic E-state index is 13.7. The maximum atomic E-state index is 13.7. The van der Waals surface area contributed by atoms with Crippen LogP contribution in [0.3, 0.4) is 0 Å². The Labute approximate surface area is 211 Å². The van der Waals surface area contributed by atoms with Crippen LogP contribution in [-0.2, 0) is 19.5 Å². The van der Waals surface area contributed by atoms with Crippen LogP contribution >= 0.6 is 8.03 Å². The molecule has 36 heavy (non-hydrogen) atoms. The highest BCUT2D eigenvalue weighted by Gasteiger charge is 2.25. The Morgan fingerprint density at radius 3 is 2.42 bits per heavy atom. The molecule has 2 unspecified atom stereocenters. The Morgan fingerprint density at radius 2 is 1.81 bits per heavy atom. The molecule has 3 rings (SSSR count). The van der Waals surface area contributed by atoms with Crippen molar-refractivity contribution in [2.24, 2.45) is 0 Å². The van der Waals surface area contributed by atoms with Crippen LogP contribution < -0.4 is 0 Å². The Bertz CT molecular complexity index is 1340. The minimum atomic E-state index is -2.57. The molecule has 0 amide bonds. The predicted molar refractivity (Wildman–Crippen MR) is 137 cm³/mol. The van der Waals surface area contributed by atoms with Crippen molar-refractivity contribution >= 4 is 14.0 Å². The average Bonchev–Trinajstić information content (AvgIpc) is 2.78. The Balaban J connectivity index is 2.12. The number of aliphatic hydroxyl groups is 1. The van der Waals surface area contributed by atoms with Crippen LogP contribution in [0.1, 0.15) is 44.0 Å². The normalized spacial score (nSPS) is 12.4. The van der Waals surface area contributed by atoms with Gasteiger partial charge in [-0.3, -0.25) is 9.78 Å². The molecular weight excluding hydrogens is 480 g/mol. The largest absolute Gasteiger partial charge is 0.508 e. The van der Waals surface area contributed by atoms with E-state index in [0.717, 1.165) is 22.4 Å². The van der Waals surface area contributed by atoms with Crippen molar-refractivity contribution in [2.75, 3.05) is 6.16 Å². The minimum Gasteiger partial charge on any atom is -0.388 e. The molecule has 3 aromatic rings. The van der Waals surface area contributed by atoms with Gasteiger partial charge in [-0.15, -0.1) is 0 Å². The number of carbonyl (C=O) groups is 1. The van der Waals surface area contributed by atoms with Gasteiger partial charge in [-0.05, 0) is 46.7 Å². The summed E-state index contributed by atoms with van der Waals surface area (Å²) >= 11 is 0. The van der Waals surface area contributed by atoms with Gasteiger partial charge in [-0.2, -0.15) is 4.89 Å². The summed E-state index contributed by atoms with van der Waals surface area (Å²) in [6, 6.07) is 15.8. The van der Waals surface area contributed by atoms with Crippen LogP contribution in [0.2, 0.25) is 0 Å². The Hall–Kier alpha value is -3.43. The third kappa shape index (κ3) is 7.05. The molecule has 0 fully saturated rings.